The van der Waals surface area contributed by atoms with E-state index in [-0.39, 0.29) is 13.5 Å². The lowest BCUT2D eigenvalue weighted by molar-refractivity contribution is 1.69. The maximum Gasteiger partial charge on any atom is 0.241 e. The van der Waals surface area contributed by atoms with Crippen LogP contribution < -0.4 is 22.2 Å². The van der Waals surface area contributed by atoms with Gasteiger partial charge in [0.25, 0.3) is 0 Å². The molecule has 0 atom stereocenters. The molecular weight excluding hydrogens is 122 g/mol. The molecule has 1 aliphatic heterocycles. The van der Waals surface area contributed by atoms with Crippen LogP contribution in [0.25, 0.3) is 0 Å². The molecule has 1 aromatic carbocycles. The number of rotatable bonds is 0. The minimum atomic E-state index is 0.0659. The molecule has 0 spiro atoms. The molecule has 0 saturated carbocycles. The molecule has 48 valence electrons. The summed E-state index contributed by atoms with van der Waals surface area (Å²) in [4.78, 5) is 0. The molecule has 2 nitrogen and oxygen atoms in total. The molecule has 4 heteroatoms. The number of fused-ring (bicyclic) bond motifs is 1. The van der Waals surface area contributed by atoms with Gasteiger partial charge in [0.2, 0.25) is 13.5 Å². The first-order valence-corrected chi connectivity index (χ1v) is 3.40. The van der Waals surface area contributed by atoms with Gasteiger partial charge in [-0.15, -0.1) is 0 Å². The van der Waals surface area contributed by atoms with Crippen molar-refractivity contribution in [2.24, 2.45) is 11.3 Å². The van der Waals surface area contributed by atoms with Crippen LogP contribution >= 0.6 is 0 Å². The third kappa shape index (κ3) is 0.576. The molecule has 0 aliphatic carbocycles. The molecule has 1 aromatic rings. The van der Waals surface area contributed by atoms with Crippen LogP contribution in [0.5, 0.6) is 0 Å². The summed E-state index contributed by atoms with van der Waals surface area (Å²) in [6, 6.07) is 8.04. The molecule has 0 unspecified atom stereocenters. The lowest BCUT2D eigenvalue weighted by Crippen LogP contribution is -2.79. The SMILES string of the molecule is NB1B(N)c2ccccc21. The minimum absolute atomic E-state index is 0.0659. The Kier molecular flexibility index (Phi) is 1.13. The predicted octanol–water partition coefficient (Wildman–Crippen LogP) is -1.91. The van der Waals surface area contributed by atoms with Crippen LogP contribution in [0, 0.1) is 0 Å². The van der Waals surface area contributed by atoms with Crippen LogP contribution in [0.15, 0.2) is 24.3 Å². The predicted molar refractivity (Wildman–Crippen MR) is 45.6 cm³/mol. The van der Waals surface area contributed by atoms with Gasteiger partial charge < -0.3 is 11.3 Å². The lowest BCUT2D eigenvalue weighted by atomic mass is 9.07. The van der Waals surface area contributed by atoms with Crippen molar-refractivity contribution in [3.05, 3.63) is 24.3 Å². The smallest absolute Gasteiger partial charge is 0.241 e. The third-order valence-electron chi connectivity index (χ3n) is 2.10. The second-order valence-electron chi connectivity index (χ2n) is 2.68. The highest BCUT2D eigenvalue weighted by Gasteiger charge is 2.38. The van der Waals surface area contributed by atoms with Crippen molar-refractivity contribution < 1.29 is 0 Å². The van der Waals surface area contributed by atoms with E-state index in [1.165, 1.54) is 10.9 Å². The van der Waals surface area contributed by atoms with Crippen molar-refractivity contribution in [1.82, 2.24) is 0 Å². The highest BCUT2D eigenvalue weighted by Crippen LogP contribution is 1.93. The Morgan fingerprint density at radius 3 is 1.70 bits per heavy atom. The van der Waals surface area contributed by atoms with E-state index in [9.17, 15) is 0 Å². The van der Waals surface area contributed by atoms with Crippen LogP contribution in [0.1, 0.15) is 0 Å². The van der Waals surface area contributed by atoms with Gasteiger partial charge in [0.15, 0.2) is 0 Å². The van der Waals surface area contributed by atoms with Crippen LogP contribution in [0.2, 0.25) is 0 Å². The maximum atomic E-state index is 5.71. The lowest BCUT2D eigenvalue weighted by Gasteiger charge is -2.28. The van der Waals surface area contributed by atoms with Gasteiger partial charge in [-0.1, -0.05) is 35.2 Å². The molecule has 1 heterocycles. The Balaban J connectivity index is 2.50. The van der Waals surface area contributed by atoms with Gasteiger partial charge in [-0.3, -0.25) is 0 Å². The first kappa shape index (κ1) is 6.01. The van der Waals surface area contributed by atoms with Crippen LogP contribution in [-0.4, -0.2) is 13.5 Å². The van der Waals surface area contributed by atoms with Crippen molar-refractivity contribution >= 4 is 24.4 Å². The first-order valence-electron chi connectivity index (χ1n) is 3.40. The summed E-state index contributed by atoms with van der Waals surface area (Å²) in [5.74, 6) is 0. The monoisotopic (exact) mass is 130 g/mol. The molecule has 4 N–H and O–H groups in total. The van der Waals surface area contributed by atoms with Gasteiger partial charge >= 0.3 is 0 Å². The Bertz CT molecular complexity index is 237. The van der Waals surface area contributed by atoms with Gasteiger partial charge in [0.1, 0.15) is 0 Å². The number of hydrogen-bond donors (Lipinski definition) is 2. The van der Waals surface area contributed by atoms with Crippen molar-refractivity contribution in [3.8, 4) is 0 Å². The quantitative estimate of drug-likeness (QED) is 0.402. The van der Waals surface area contributed by atoms with Crippen molar-refractivity contribution in [2.75, 3.05) is 0 Å². The van der Waals surface area contributed by atoms with E-state index in [1.54, 1.807) is 0 Å². The number of nitrogens with two attached hydrogens (primary N) is 2. The fourth-order valence-corrected chi connectivity index (χ4v) is 1.41. The average Bonchev–Trinajstić information content (AvgIpc) is 2.03. The molecule has 0 aromatic heterocycles. The topological polar surface area (TPSA) is 52.0 Å². The molecule has 0 radical (unpaired) electrons. The summed E-state index contributed by atoms with van der Waals surface area (Å²) in [6.07, 6.45) is 0. The van der Waals surface area contributed by atoms with E-state index in [1.807, 2.05) is 24.3 Å². The third-order valence-corrected chi connectivity index (χ3v) is 2.10. The van der Waals surface area contributed by atoms with E-state index in [0.717, 1.165) is 0 Å². The second kappa shape index (κ2) is 1.87. The highest BCUT2D eigenvalue weighted by atomic mass is 14.5. The zero-order valence-corrected chi connectivity index (χ0v) is 5.62. The maximum absolute atomic E-state index is 5.71. The van der Waals surface area contributed by atoms with Crippen LogP contribution in [0.4, 0.5) is 0 Å². The van der Waals surface area contributed by atoms with E-state index >= 15 is 0 Å². The number of hydrogen-bond acceptors (Lipinski definition) is 2. The molecular formula is C6H8B2N2. The Morgan fingerprint density at radius 1 is 0.900 bits per heavy atom. The molecule has 0 bridgehead atoms. The van der Waals surface area contributed by atoms with Crippen molar-refractivity contribution in [2.45, 2.75) is 0 Å². The molecule has 1 aliphatic rings. The Hall–Kier alpha value is -0.730. The summed E-state index contributed by atoms with van der Waals surface area (Å²) >= 11 is 0. The normalized spacial score (nSPS) is 14.6. The van der Waals surface area contributed by atoms with E-state index in [4.69, 9.17) is 11.3 Å². The van der Waals surface area contributed by atoms with Crippen LogP contribution in [0.3, 0.4) is 0 Å². The summed E-state index contributed by atoms with van der Waals surface area (Å²) in [5.41, 5.74) is 13.8. The molecule has 10 heavy (non-hydrogen) atoms. The summed E-state index contributed by atoms with van der Waals surface area (Å²) < 4.78 is 0. The fraction of sp³-hybridized carbons (Fsp3) is 0. The van der Waals surface area contributed by atoms with Gasteiger partial charge in [-0.05, 0) is 0 Å². The summed E-state index contributed by atoms with van der Waals surface area (Å²) in [7, 11) is 0. The molecule has 0 amide bonds. The first-order chi connectivity index (χ1) is 4.80. The van der Waals surface area contributed by atoms with Crippen molar-refractivity contribution in [1.29, 1.82) is 0 Å². The zero-order chi connectivity index (χ0) is 7.14. The van der Waals surface area contributed by atoms with Gasteiger partial charge in [0, 0.05) is 0 Å². The second-order valence-corrected chi connectivity index (χ2v) is 2.68. The molecule has 0 fully saturated rings. The summed E-state index contributed by atoms with van der Waals surface area (Å²) in [5, 5.41) is 0. The Labute approximate surface area is 60.8 Å². The standard InChI is InChI=1S/C6H8B2N2/c9-7-5-3-1-2-4-6(5)8(7)10/h1-4H,9-10H2. The van der Waals surface area contributed by atoms with Gasteiger partial charge in [-0.2, -0.15) is 0 Å². The molecule has 0 saturated heterocycles. The van der Waals surface area contributed by atoms with Gasteiger partial charge in [-0.25, -0.2) is 0 Å². The highest BCUT2D eigenvalue weighted by molar-refractivity contribution is 7.38. The van der Waals surface area contributed by atoms with Crippen molar-refractivity contribution in [3.63, 3.8) is 0 Å². The number of benzene rings is 1. The zero-order valence-electron chi connectivity index (χ0n) is 5.62. The fourth-order valence-electron chi connectivity index (χ4n) is 1.41. The van der Waals surface area contributed by atoms with E-state index < -0.39 is 0 Å². The summed E-state index contributed by atoms with van der Waals surface area (Å²) in [6.45, 7) is 0.132. The minimum Gasteiger partial charge on any atom is -0.370 e. The van der Waals surface area contributed by atoms with E-state index in [2.05, 4.69) is 0 Å². The van der Waals surface area contributed by atoms with Crippen LogP contribution in [-0.2, 0) is 0 Å². The Morgan fingerprint density at radius 2 is 1.30 bits per heavy atom. The largest absolute Gasteiger partial charge is 0.370 e. The average molecular weight is 130 g/mol. The molecule has 2 rings (SSSR count). The van der Waals surface area contributed by atoms with E-state index in [0.29, 0.717) is 0 Å². The van der Waals surface area contributed by atoms with Gasteiger partial charge in [0.05, 0.1) is 0 Å².